The molecule has 0 radical (unpaired) electrons. The minimum atomic E-state index is -0.222. The number of para-hydroxylation sites is 2. The Morgan fingerprint density at radius 2 is 1.71 bits per heavy atom. The zero-order chi connectivity index (χ0) is 24.4. The van der Waals surface area contributed by atoms with Crippen LogP contribution < -0.4 is 4.90 Å². The zero-order valence-electron chi connectivity index (χ0n) is 19.8. The molecular formula is C29H29ClFN3O. The van der Waals surface area contributed by atoms with Crippen molar-refractivity contribution in [1.82, 2.24) is 9.47 Å². The quantitative estimate of drug-likeness (QED) is 0.317. The van der Waals surface area contributed by atoms with Crippen molar-refractivity contribution in [2.24, 2.45) is 0 Å². The van der Waals surface area contributed by atoms with E-state index in [0.717, 1.165) is 23.1 Å². The number of piperazine rings is 1. The highest BCUT2D eigenvalue weighted by Crippen LogP contribution is 2.36. The van der Waals surface area contributed by atoms with Crippen molar-refractivity contribution in [3.05, 3.63) is 101 Å². The van der Waals surface area contributed by atoms with Gasteiger partial charge in [0.2, 0.25) is 5.91 Å². The second-order valence-electron chi connectivity index (χ2n) is 9.02. The van der Waals surface area contributed by atoms with Crippen LogP contribution >= 0.6 is 11.6 Å². The van der Waals surface area contributed by atoms with Crippen LogP contribution in [0.25, 0.3) is 10.9 Å². The van der Waals surface area contributed by atoms with E-state index < -0.39 is 0 Å². The molecule has 0 saturated carbocycles. The fourth-order valence-electron chi connectivity index (χ4n) is 5.15. The van der Waals surface area contributed by atoms with E-state index in [1.54, 1.807) is 12.1 Å². The number of aromatic nitrogens is 1. The first-order valence-corrected chi connectivity index (χ1v) is 12.5. The Labute approximate surface area is 210 Å². The van der Waals surface area contributed by atoms with Crippen LogP contribution in [-0.2, 0) is 11.3 Å². The highest BCUT2D eigenvalue weighted by Gasteiger charge is 2.28. The number of rotatable bonds is 6. The van der Waals surface area contributed by atoms with Gasteiger partial charge >= 0.3 is 0 Å². The Morgan fingerprint density at radius 1 is 0.971 bits per heavy atom. The predicted molar refractivity (Wildman–Crippen MR) is 141 cm³/mol. The Bertz CT molecular complexity index is 1340. The van der Waals surface area contributed by atoms with Gasteiger partial charge in [-0.2, -0.15) is 0 Å². The Morgan fingerprint density at radius 3 is 2.46 bits per heavy atom. The van der Waals surface area contributed by atoms with Crippen molar-refractivity contribution in [3.8, 4) is 0 Å². The third kappa shape index (κ3) is 4.78. The molecule has 5 rings (SSSR count). The molecule has 0 bridgehead atoms. The molecule has 1 aromatic heterocycles. The summed E-state index contributed by atoms with van der Waals surface area (Å²) in [7, 11) is 0. The molecule has 4 aromatic rings. The van der Waals surface area contributed by atoms with Gasteiger partial charge in [0, 0.05) is 67.2 Å². The van der Waals surface area contributed by atoms with Crippen LogP contribution in [0.1, 0.15) is 30.4 Å². The number of hydrogen-bond donors (Lipinski definition) is 0. The van der Waals surface area contributed by atoms with E-state index in [4.69, 9.17) is 11.6 Å². The van der Waals surface area contributed by atoms with Crippen LogP contribution in [0.3, 0.4) is 0 Å². The third-order valence-electron chi connectivity index (χ3n) is 6.99. The molecule has 6 heteroatoms. The van der Waals surface area contributed by atoms with Crippen molar-refractivity contribution in [2.45, 2.75) is 25.8 Å². The standard InChI is InChI=1S/C29H29ClFN3O/c1-2-32-20-25(23-10-3-5-12-27(23)32)24(21-8-7-9-22(30)18-21)19-29(35)34-16-14-33(15-17-34)28-13-6-4-11-26(28)31/h3-13,18,20,24H,2,14-17,19H2,1H3. The van der Waals surface area contributed by atoms with Gasteiger partial charge in [0.1, 0.15) is 5.82 Å². The van der Waals surface area contributed by atoms with E-state index in [-0.39, 0.29) is 17.6 Å². The molecule has 1 aliphatic rings. The molecule has 1 atom stereocenters. The van der Waals surface area contributed by atoms with Crippen LogP contribution in [0.5, 0.6) is 0 Å². The number of amides is 1. The molecule has 1 amide bonds. The topological polar surface area (TPSA) is 28.5 Å². The predicted octanol–water partition coefficient (Wildman–Crippen LogP) is 6.32. The first kappa shape index (κ1) is 23.4. The van der Waals surface area contributed by atoms with Crippen molar-refractivity contribution in [2.75, 3.05) is 31.1 Å². The van der Waals surface area contributed by atoms with Gasteiger partial charge in [-0.15, -0.1) is 0 Å². The van der Waals surface area contributed by atoms with Crippen LogP contribution in [0.2, 0.25) is 5.02 Å². The van der Waals surface area contributed by atoms with E-state index in [1.165, 1.54) is 11.6 Å². The van der Waals surface area contributed by atoms with Gasteiger partial charge in [-0.3, -0.25) is 4.79 Å². The highest BCUT2D eigenvalue weighted by molar-refractivity contribution is 6.30. The minimum absolute atomic E-state index is 0.108. The van der Waals surface area contributed by atoms with E-state index >= 15 is 0 Å². The summed E-state index contributed by atoms with van der Waals surface area (Å²) >= 11 is 6.36. The maximum atomic E-state index is 14.2. The van der Waals surface area contributed by atoms with E-state index in [2.05, 4.69) is 35.9 Å². The molecule has 0 aliphatic carbocycles. The zero-order valence-corrected chi connectivity index (χ0v) is 20.6. The van der Waals surface area contributed by atoms with Gasteiger partial charge < -0.3 is 14.4 Å². The number of anilines is 1. The summed E-state index contributed by atoms with van der Waals surface area (Å²) in [6, 6.07) is 23.0. The summed E-state index contributed by atoms with van der Waals surface area (Å²) in [5.74, 6) is -0.222. The highest BCUT2D eigenvalue weighted by atomic mass is 35.5. The molecule has 1 fully saturated rings. The van der Waals surface area contributed by atoms with Crippen molar-refractivity contribution < 1.29 is 9.18 Å². The number of fused-ring (bicyclic) bond motifs is 1. The monoisotopic (exact) mass is 489 g/mol. The molecule has 1 unspecified atom stereocenters. The largest absolute Gasteiger partial charge is 0.366 e. The number of aryl methyl sites for hydroxylation is 1. The lowest BCUT2D eigenvalue weighted by molar-refractivity contribution is -0.131. The second-order valence-corrected chi connectivity index (χ2v) is 9.46. The van der Waals surface area contributed by atoms with Crippen LogP contribution in [0.15, 0.2) is 79.0 Å². The molecule has 1 saturated heterocycles. The van der Waals surface area contributed by atoms with Gasteiger partial charge in [0.25, 0.3) is 0 Å². The molecule has 4 nitrogen and oxygen atoms in total. The summed E-state index contributed by atoms with van der Waals surface area (Å²) in [4.78, 5) is 17.5. The number of benzene rings is 3. The Balaban J connectivity index is 1.40. The molecule has 0 spiro atoms. The van der Waals surface area contributed by atoms with E-state index in [9.17, 15) is 9.18 Å². The Hall–Kier alpha value is -3.31. The summed E-state index contributed by atoms with van der Waals surface area (Å²) in [6.45, 7) is 5.37. The van der Waals surface area contributed by atoms with E-state index in [1.807, 2.05) is 46.2 Å². The summed E-state index contributed by atoms with van der Waals surface area (Å²) < 4.78 is 16.5. The first-order valence-electron chi connectivity index (χ1n) is 12.2. The molecule has 1 aliphatic heterocycles. The number of hydrogen-bond acceptors (Lipinski definition) is 2. The lowest BCUT2D eigenvalue weighted by Gasteiger charge is -2.36. The lowest BCUT2D eigenvalue weighted by atomic mass is 9.87. The third-order valence-corrected chi connectivity index (χ3v) is 7.23. The van der Waals surface area contributed by atoms with Crippen molar-refractivity contribution in [3.63, 3.8) is 0 Å². The van der Waals surface area contributed by atoms with Crippen molar-refractivity contribution in [1.29, 1.82) is 0 Å². The first-order chi connectivity index (χ1) is 17.0. The van der Waals surface area contributed by atoms with Crippen LogP contribution in [0.4, 0.5) is 10.1 Å². The molecule has 0 N–H and O–H groups in total. The summed E-state index contributed by atoms with van der Waals surface area (Å²) in [6.07, 6.45) is 2.54. The average Bonchev–Trinajstić information content (AvgIpc) is 3.26. The number of carbonyl (C=O) groups is 1. The second kappa shape index (κ2) is 10.1. The van der Waals surface area contributed by atoms with Crippen molar-refractivity contribution >= 4 is 34.1 Å². The molecule has 2 heterocycles. The van der Waals surface area contributed by atoms with Gasteiger partial charge in [-0.05, 0) is 48.4 Å². The number of halogens is 2. The normalized spacial score (nSPS) is 14.9. The lowest BCUT2D eigenvalue weighted by Crippen LogP contribution is -2.49. The summed E-state index contributed by atoms with van der Waals surface area (Å²) in [5.41, 5.74) is 3.95. The Kier molecular flexibility index (Phi) is 6.78. The van der Waals surface area contributed by atoms with Crippen LogP contribution in [0, 0.1) is 5.82 Å². The van der Waals surface area contributed by atoms with Gasteiger partial charge in [-0.25, -0.2) is 4.39 Å². The van der Waals surface area contributed by atoms with E-state index in [0.29, 0.717) is 43.3 Å². The maximum absolute atomic E-state index is 14.2. The smallest absolute Gasteiger partial charge is 0.223 e. The van der Waals surface area contributed by atoms with Gasteiger partial charge in [0.15, 0.2) is 0 Å². The fourth-order valence-corrected chi connectivity index (χ4v) is 5.35. The van der Waals surface area contributed by atoms with Crippen LogP contribution in [-0.4, -0.2) is 41.6 Å². The molecule has 180 valence electrons. The summed E-state index contributed by atoms with van der Waals surface area (Å²) in [5, 5.41) is 1.83. The maximum Gasteiger partial charge on any atom is 0.223 e. The molecular weight excluding hydrogens is 461 g/mol. The molecule has 35 heavy (non-hydrogen) atoms. The van der Waals surface area contributed by atoms with Gasteiger partial charge in [0.05, 0.1) is 5.69 Å². The minimum Gasteiger partial charge on any atom is -0.366 e. The number of nitrogens with zero attached hydrogens (tertiary/aromatic N) is 3. The SMILES string of the molecule is CCn1cc(C(CC(=O)N2CCN(c3ccccc3F)CC2)c2cccc(Cl)c2)c2ccccc21. The van der Waals surface area contributed by atoms with Gasteiger partial charge in [-0.1, -0.05) is 54.1 Å². The number of carbonyl (C=O) groups excluding carboxylic acids is 1. The average molecular weight is 490 g/mol. The molecule has 3 aromatic carbocycles. The fraction of sp³-hybridized carbons (Fsp3) is 0.276.